The van der Waals surface area contributed by atoms with Gasteiger partial charge in [0, 0.05) is 12.1 Å². The number of nitrogens with one attached hydrogen (secondary N) is 2. The number of esters is 1. The Labute approximate surface area is 243 Å². The molecule has 4 aromatic rings. The second-order valence-electron chi connectivity index (χ2n) is 9.73. The van der Waals surface area contributed by atoms with Crippen molar-refractivity contribution in [2.75, 3.05) is 18.5 Å². The van der Waals surface area contributed by atoms with Gasteiger partial charge >= 0.3 is 5.97 Å². The molecule has 0 saturated carbocycles. The van der Waals surface area contributed by atoms with Crippen LogP contribution in [0.25, 0.3) is 0 Å². The molecule has 1 atom stereocenters. The van der Waals surface area contributed by atoms with Crippen molar-refractivity contribution in [3.63, 3.8) is 0 Å². The lowest BCUT2D eigenvalue weighted by molar-refractivity contribution is -0.151. The molecule has 0 unspecified atom stereocenters. The minimum Gasteiger partial charge on any atom is -0.457 e. The number of para-hydroxylation sites is 1. The van der Waals surface area contributed by atoms with Crippen molar-refractivity contribution >= 4 is 29.4 Å². The maximum atomic E-state index is 13.3. The summed E-state index contributed by atoms with van der Waals surface area (Å²) >= 11 is 0. The summed E-state index contributed by atoms with van der Waals surface area (Å²) in [6, 6.07) is 34.6. The van der Waals surface area contributed by atoms with E-state index in [1.165, 1.54) is 0 Å². The van der Waals surface area contributed by atoms with E-state index in [9.17, 15) is 19.2 Å². The Morgan fingerprint density at radius 3 is 1.90 bits per heavy atom. The summed E-state index contributed by atoms with van der Waals surface area (Å²) in [5, 5.41) is 3.81. The number of rotatable bonds is 10. The highest BCUT2D eigenvalue weighted by Crippen LogP contribution is 2.26. The number of amides is 3. The molecule has 9 nitrogen and oxygen atoms in total. The molecule has 1 aliphatic rings. The van der Waals surface area contributed by atoms with Crippen LogP contribution >= 0.6 is 0 Å². The van der Waals surface area contributed by atoms with Crippen molar-refractivity contribution in [2.24, 2.45) is 5.92 Å². The fraction of sp³-hybridized carbons (Fsp3) is 0.152. The van der Waals surface area contributed by atoms with E-state index >= 15 is 0 Å². The molecule has 1 fully saturated rings. The van der Waals surface area contributed by atoms with Crippen LogP contribution in [-0.2, 0) is 23.9 Å². The molecule has 9 heteroatoms. The van der Waals surface area contributed by atoms with Crippen molar-refractivity contribution in [2.45, 2.75) is 12.3 Å². The van der Waals surface area contributed by atoms with Crippen LogP contribution < -0.4 is 15.5 Å². The Morgan fingerprint density at radius 1 is 0.762 bits per heavy atom. The minimum atomic E-state index is -0.813. The second kappa shape index (κ2) is 13.3. The van der Waals surface area contributed by atoms with Gasteiger partial charge in [0.05, 0.1) is 18.4 Å². The number of hydrogen-bond donors (Lipinski definition) is 2. The third-order valence-electron chi connectivity index (χ3n) is 6.69. The highest BCUT2D eigenvalue weighted by atomic mass is 16.5. The van der Waals surface area contributed by atoms with Gasteiger partial charge in [-0.1, -0.05) is 78.9 Å². The summed E-state index contributed by atoms with van der Waals surface area (Å²) in [4.78, 5) is 51.0. The van der Waals surface area contributed by atoms with Gasteiger partial charge in [0.1, 0.15) is 11.5 Å². The Bertz CT molecular complexity index is 1490. The molecule has 1 heterocycles. The predicted octanol–water partition coefficient (Wildman–Crippen LogP) is 4.67. The molecule has 0 spiro atoms. The highest BCUT2D eigenvalue weighted by Gasteiger charge is 2.37. The van der Waals surface area contributed by atoms with E-state index in [0.717, 1.165) is 16.1 Å². The molecule has 1 saturated heterocycles. The van der Waals surface area contributed by atoms with Gasteiger partial charge < -0.3 is 14.8 Å². The zero-order valence-electron chi connectivity index (χ0n) is 22.6. The van der Waals surface area contributed by atoms with Crippen LogP contribution in [-0.4, -0.2) is 41.9 Å². The monoisotopic (exact) mass is 563 g/mol. The average Bonchev–Trinajstić information content (AvgIpc) is 3.38. The van der Waals surface area contributed by atoms with E-state index in [4.69, 9.17) is 9.47 Å². The Hall–Kier alpha value is -5.44. The molecule has 1 aliphatic heterocycles. The molecule has 0 bridgehead atoms. The number of hydrazine groups is 1. The van der Waals surface area contributed by atoms with Crippen LogP contribution in [0, 0.1) is 5.92 Å². The zero-order valence-corrected chi connectivity index (χ0v) is 22.6. The molecule has 0 radical (unpaired) electrons. The number of benzene rings is 4. The van der Waals surface area contributed by atoms with Gasteiger partial charge in [0.15, 0.2) is 6.61 Å². The van der Waals surface area contributed by atoms with Crippen LogP contribution in [0.15, 0.2) is 115 Å². The van der Waals surface area contributed by atoms with E-state index in [-0.39, 0.29) is 13.0 Å². The molecule has 212 valence electrons. The van der Waals surface area contributed by atoms with Gasteiger partial charge in [-0.05, 0) is 47.5 Å². The largest absolute Gasteiger partial charge is 0.457 e. The van der Waals surface area contributed by atoms with Gasteiger partial charge in [-0.15, -0.1) is 0 Å². The molecule has 42 heavy (non-hydrogen) atoms. The maximum Gasteiger partial charge on any atom is 0.311 e. The first kappa shape index (κ1) is 28.1. The maximum absolute atomic E-state index is 13.3. The first-order valence-electron chi connectivity index (χ1n) is 13.5. The fourth-order valence-electron chi connectivity index (χ4n) is 4.64. The normalized spacial score (nSPS) is 14.4. The van der Waals surface area contributed by atoms with Crippen molar-refractivity contribution in [1.29, 1.82) is 0 Å². The molecule has 3 amide bonds. The Kier molecular flexibility index (Phi) is 8.88. The van der Waals surface area contributed by atoms with Crippen molar-refractivity contribution in [3.05, 3.63) is 126 Å². The van der Waals surface area contributed by atoms with Gasteiger partial charge in [-0.25, -0.2) is 0 Å². The fourth-order valence-corrected chi connectivity index (χ4v) is 4.64. The number of hydrogen-bond acceptors (Lipinski definition) is 6. The third kappa shape index (κ3) is 7.19. The van der Waals surface area contributed by atoms with Gasteiger partial charge in [-0.3, -0.25) is 29.6 Å². The molecule has 2 N–H and O–H groups in total. The van der Waals surface area contributed by atoms with Crippen molar-refractivity contribution in [3.8, 4) is 11.5 Å². The van der Waals surface area contributed by atoms with E-state index in [2.05, 4.69) is 10.7 Å². The van der Waals surface area contributed by atoms with Crippen LogP contribution in [0.5, 0.6) is 11.5 Å². The van der Waals surface area contributed by atoms with Crippen LogP contribution in [0.4, 0.5) is 5.69 Å². The lowest BCUT2D eigenvalue weighted by Gasteiger charge is -2.23. The van der Waals surface area contributed by atoms with Gasteiger partial charge in [-0.2, -0.15) is 0 Å². The summed E-state index contributed by atoms with van der Waals surface area (Å²) < 4.78 is 10.9. The summed E-state index contributed by atoms with van der Waals surface area (Å²) in [5.41, 5.74) is 4.73. The molecule has 0 aliphatic carbocycles. The molecular weight excluding hydrogens is 534 g/mol. The molecule has 4 aromatic carbocycles. The van der Waals surface area contributed by atoms with E-state index in [0.29, 0.717) is 17.2 Å². The van der Waals surface area contributed by atoms with E-state index < -0.39 is 42.1 Å². The predicted molar refractivity (Wildman–Crippen MR) is 155 cm³/mol. The summed E-state index contributed by atoms with van der Waals surface area (Å²) in [6.07, 6.45) is -0.134. The smallest absolute Gasteiger partial charge is 0.311 e. The number of carbonyl (C=O) groups is 4. The Balaban J connectivity index is 1.11. The van der Waals surface area contributed by atoms with E-state index in [1.54, 1.807) is 24.3 Å². The average molecular weight is 564 g/mol. The first-order valence-corrected chi connectivity index (χ1v) is 13.5. The molecular formula is C33H29N3O6. The van der Waals surface area contributed by atoms with Crippen molar-refractivity contribution < 1.29 is 28.7 Å². The Morgan fingerprint density at radius 2 is 1.31 bits per heavy atom. The minimum absolute atomic E-state index is 0.0514. The number of ether oxygens (including phenoxy) is 2. The van der Waals surface area contributed by atoms with Crippen molar-refractivity contribution in [1.82, 2.24) is 10.4 Å². The highest BCUT2D eigenvalue weighted by molar-refractivity contribution is 5.94. The third-order valence-corrected chi connectivity index (χ3v) is 6.69. The lowest BCUT2D eigenvalue weighted by Crippen LogP contribution is -2.45. The second-order valence-corrected chi connectivity index (χ2v) is 9.73. The number of anilines is 1. The standard InChI is InChI=1S/C33H29N3O6/c37-29(34-26-16-18-28(19-17-26)42-27-14-8-3-9-15-27)22-41-33(40)25-20-30(38)36(21-25)35-32(39)31(23-10-4-1-5-11-23)24-12-6-2-7-13-24/h1-19,25,31H,20-22H2,(H,34,37)(H,35,39)/t25-/m1/s1. The van der Waals surface area contributed by atoms with E-state index in [1.807, 2.05) is 91.0 Å². The summed E-state index contributed by atoms with van der Waals surface area (Å²) in [6.45, 7) is -0.563. The number of nitrogens with zero attached hydrogens (tertiary/aromatic N) is 1. The number of carbonyl (C=O) groups excluding carboxylic acids is 4. The van der Waals surface area contributed by atoms with Crippen LogP contribution in [0.1, 0.15) is 23.5 Å². The van der Waals surface area contributed by atoms with Crippen LogP contribution in [0.3, 0.4) is 0 Å². The van der Waals surface area contributed by atoms with Crippen LogP contribution in [0.2, 0.25) is 0 Å². The zero-order chi connectivity index (χ0) is 29.3. The SMILES string of the molecule is O=C(COC(=O)[C@@H]1CC(=O)N(NC(=O)C(c2ccccc2)c2ccccc2)C1)Nc1ccc(Oc2ccccc2)cc1. The summed E-state index contributed by atoms with van der Waals surface area (Å²) in [5.74, 6) is -2.18. The molecule has 5 rings (SSSR count). The summed E-state index contributed by atoms with van der Waals surface area (Å²) in [7, 11) is 0. The molecule has 0 aromatic heterocycles. The van der Waals surface area contributed by atoms with Gasteiger partial charge in [0.2, 0.25) is 5.91 Å². The lowest BCUT2D eigenvalue weighted by atomic mass is 9.91. The van der Waals surface area contributed by atoms with Gasteiger partial charge in [0.25, 0.3) is 11.8 Å². The first-order chi connectivity index (χ1) is 20.5. The topological polar surface area (TPSA) is 114 Å². The quantitative estimate of drug-likeness (QED) is 0.271.